The average Bonchev–Trinajstić information content (AvgIpc) is 3.06. The molecule has 2 N–H and O–H groups in total. The van der Waals surface area contributed by atoms with Crippen LogP contribution in [0.1, 0.15) is 29.2 Å². The summed E-state index contributed by atoms with van der Waals surface area (Å²) in [5.41, 5.74) is 3.25. The number of rotatable bonds is 4. The number of nitrogens with one attached hydrogen (secondary N) is 2. The van der Waals surface area contributed by atoms with Gasteiger partial charge >= 0.3 is 0 Å². The van der Waals surface area contributed by atoms with E-state index in [0.29, 0.717) is 6.54 Å². The number of pyridine rings is 1. The molecule has 0 bridgehead atoms. The normalized spacial score (nSPS) is 19.9. The number of aromatic nitrogens is 3. The van der Waals surface area contributed by atoms with Gasteiger partial charge in [-0.3, -0.25) is 4.79 Å². The lowest BCUT2D eigenvalue weighted by Gasteiger charge is -2.27. The number of carbonyl (C=O) groups is 1. The van der Waals surface area contributed by atoms with Crippen molar-refractivity contribution in [1.29, 1.82) is 0 Å². The van der Waals surface area contributed by atoms with Gasteiger partial charge in [0.05, 0.1) is 18.9 Å². The van der Waals surface area contributed by atoms with Gasteiger partial charge in [0.15, 0.2) is 0 Å². The van der Waals surface area contributed by atoms with Crippen molar-refractivity contribution < 1.29 is 9.53 Å². The van der Waals surface area contributed by atoms with E-state index in [2.05, 4.69) is 25.2 Å². The van der Waals surface area contributed by atoms with Crippen LogP contribution in [0.3, 0.4) is 0 Å². The first-order valence-electron chi connectivity index (χ1n) is 9.29. The van der Waals surface area contributed by atoms with E-state index in [4.69, 9.17) is 4.74 Å². The Morgan fingerprint density at radius 3 is 3.00 bits per heavy atom. The van der Waals surface area contributed by atoms with Gasteiger partial charge in [0, 0.05) is 43.9 Å². The van der Waals surface area contributed by atoms with Crippen LogP contribution in [-0.4, -0.2) is 47.2 Å². The highest BCUT2D eigenvalue weighted by molar-refractivity contribution is 5.79. The number of hydrogen-bond acceptors (Lipinski definition) is 5. The van der Waals surface area contributed by atoms with Crippen LogP contribution in [0.5, 0.6) is 0 Å². The third-order valence-electron chi connectivity index (χ3n) is 5.14. The van der Waals surface area contributed by atoms with Gasteiger partial charge in [-0.05, 0) is 31.4 Å². The summed E-state index contributed by atoms with van der Waals surface area (Å²) >= 11 is 0. The number of fused-ring (bicyclic) bond motifs is 1. The highest BCUT2D eigenvalue weighted by Crippen LogP contribution is 2.24. The molecule has 2 aliphatic rings. The fraction of sp³-hybridized carbons (Fsp3) is 0.526. The summed E-state index contributed by atoms with van der Waals surface area (Å²) in [5, 5.41) is 3.06. The quantitative estimate of drug-likeness (QED) is 0.866. The number of anilines is 1. The monoisotopic (exact) mass is 355 g/mol. The smallest absolute Gasteiger partial charge is 0.223 e. The topological polar surface area (TPSA) is 83.1 Å². The van der Waals surface area contributed by atoms with Crippen molar-refractivity contribution in [3.05, 3.63) is 41.1 Å². The van der Waals surface area contributed by atoms with Crippen LogP contribution in [0.15, 0.2) is 18.3 Å². The molecule has 1 aliphatic carbocycles. The number of hydrogen-bond donors (Lipinski definition) is 2. The first-order valence-corrected chi connectivity index (χ1v) is 9.29. The van der Waals surface area contributed by atoms with E-state index in [1.807, 2.05) is 25.3 Å². The third kappa shape index (κ3) is 3.72. The molecular weight excluding hydrogens is 330 g/mol. The molecule has 0 aromatic carbocycles. The number of carbonyl (C=O) groups excluding carboxylic acids is 1. The van der Waals surface area contributed by atoms with E-state index in [-0.39, 0.29) is 11.8 Å². The predicted octanol–water partition coefficient (Wildman–Crippen LogP) is 1.37. The first-order chi connectivity index (χ1) is 12.7. The molecular formula is C19H25N5O2. The fourth-order valence-electron chi connectivity index (χ4n) is 3.68. The number of ether oxygens (including phenoxy) is 1. The molecule has 1 fully saturated rings. The number of morpholine rings is 1. The van der Waals surface area contributed by atoms with Crippen LogP contribution in [-0.2, 0) is 28.9 Å². The molecule has 1 aliphatic heterocycles. The molecule has 3 heterocycles. The van der Waals surface area contributed by atoms with Crippen molar-refractivity contribution in [2.24, 2.45) is 5.92 Å². The minimum Gasteiger partial charge on any atom is -0.378 e. The Morgan fingerprint density at radius 1 is 1.38 bits per heavy atom. The second kappa shape index (κ2) is 7.45. The molecule has 0 spiro atoms. The maximum Gasteiger partial charge on any atom is 0.223 e. The second-order valence-electron chi connectivity index (χ2n) is 7.03. The lowest BCUT2D eigenvalue weighted by molar-refractivity contribution is -0.125. The zero-order chi connectivity index (χ0) is 17.9. The number of aryl methyl sites for hydroxylation is 2. The summed E-state index contributed by atoms with van der Waals surface area (Å²) in [5.74, 6) is 2.03. The van der Waals surface area contributed by atoms with Crippen molar-refractivity contribution in [2.75, 3.05) is 31.2 Å². The Bertz CT molecular complexity index is 765. The van der Waals surface area contributed by atoms with Crippen molar-refractivity contribution in [2.45, 2.75) is 32.7 Å². The number of H-pyrrole nitrogens is 1. The Labute approximate surface area is 153 Å². The van der Waals surface area contributed by atoms with Gasteiger partial charge in [0.25, 0.3) is 0 Å². The van der Waals surface area contributed by atoms with Crippen LogP contribution < -0.4 is 10.2 Å². The average molecular weight is 355 g/mol. The van der Waals surface area contributed by atoms with Gasteiger partial charge in [-0.25, -0.2) is 9.97 Å². The van der Waals surface area contributed by atoms with E-state index < -0.39 is 0 Å². The molecule has 2 aromatic rings. The molecule has 138 valence electrons. The van der Waals surface area contributed by atoms with E-state index in [1.54, 1.807) is 0 Å². The number of nitrogens with zero attached hydrogens (tertiary/aromatic N) is 3. The SMILES string of the molecule is Cc1nc2c([nH]1)C[C@H](C(=O)NCc1ccc(N3CCOCC3)nc1)CC2. The van der Waals surface area contributed by atoms with E-state index in [0.717, 1.165) is 74.2 Å². The number of aromatic amines is 1. The van der Waals surface area contributed by atoms with Crippen molar-refractivity contribution in [1.82, 2.24) is 20.3 Å². The predicted molar refractivity (Wildman–Crippen MR) is 98.0 cm³/mol. The minimum absolute atomic E-state index is 0.0166. The van der Waals surface area contributed by atoms with Gasteiger partial charge in [0.1, 0.15) is 11.6 Å². The Balaban J connectivity index is 1.30. The molecule has 0 radical (unpaired) electrons. The van der Waals surface area contributed by atoms with E-state index in [9.17, 15) is 4.79 Å². The van der Waals surface area contributed by atoms with E-state index >= 15 is 0 Å². The summed E-state index contributed by atoms with van der Waals surface area (Å²) in [6, 6.07) is 4.06. The highest BCUT2D eigenvalue weighted by Gasteiger charge is 2.26. The van der Waals surface area contributed by atoms with Gasteiger partial charge in [-0.1, -0.05) is 6.07 Å². The van der Waals surface area contributed by atoms with Gasteiger partial charge in [-0.15, -0.1) is 0 Å². The molecule has 1 atom stereocenters. The Morgan fingerprint density at radius 2 is 2.23 bits per heavy atom. The van der Waals surface area contributed by atoms with Crippen LogP contribution in [0.25, 0.3) is 0 Å². The summed E-state index contributed by atoms with van der Waals surface area (Å²) in [4.78, 5) is 27.0. The molecule has 2 aromatic heterocycles. The standard InChI is InChI=1S/C19H25N5O2/c1-13-22-16-4-3-15(10-17(16)23-13)19(25)21-12-14-2-5-18(20-11-14)24-6-8-26-9-7-24/h2,5,11,15H,3-4,6-10,12H2,1H3,(H,21,25)(H,22,23)/t15-/m1/s1. The largest absolute Gasteiger partial charge is 0.378 e. The van der Waals surface area contributed by atoms with E-state index in [1.165, 1.54) is 0 Å². The van der Waals surface area contributed by atoms with Crippen LogP contribution in [0.2, 0.25) is 0 Å². The Kier molecular flexibility index (Phi) is 4.88. The fourth-order valence-corrected chi connectivity index (χ4v) is 3.68. The van der Waals surface area contributed by atoms with Crippen LogP contribution in [0.4, 0.5) is 5.82 Å². The lowest BCUT2D eigenvalue weighted by Crippen LogP contribution is -2.36. The van der Waals surface area contributed by atoms with Crippen molar-refractivity contribution in [3.8, 4) is 0 Å². The summed E-state index contributed by atoms with van der Waals surface area (Å²) in [7, 11) is 0. The van der Waals surface area contributed by atoms with Crippen molar-refractivity contribution in [3.63, 3.8) is 0 Å². The second-order valence-corrected chi connectivity index (χ2v) is 7.03. The molecule has 0 unspecified atom stereocenters. The molecule has 26 heavy (non-hydrogen) atoms. The minimum atomic E-state index is 0.0166. The summed E-state index contributed by atoms with van der Waals surface area (Å²) in [6.07, 6.45) is 4.32. The van der Waals surface area contributed by atoms with Gasteiger partial charge in [0.2, 0.25) is 5.91 Å². The Hall–Kier alpha value is -2.41. The number of amides is 1. The molecule has 7 nitrogen and oxygen atoms in total. The zero-order valence-electron chi connectivity index (χ0n) is 15.1. The lowest BCUT2D eigenvalue weighted by atomic mass is 9.89. The van der Waals surface area contributed by atoms with Crippen molar-refractivity contribution >= 4 is 11.7 Å². The zero-order valence-corrected chi connectivity index (χ0v) is 15.1. The number of imidazole rings is 1. The summed E-state index contributed by atoms with van der Waals surface area (Å²) in [6.45, 7) is 5.72. The highest BCUT2D eigenvalue weighted by atomic mass is 16.5. The molecule has 4 rings (SSSR count). The molecule has 0 saturated carbocycles. The van der Waals surface area contributed by atoms with Crippen LogP contribution in [0, 0.1) is 12.8 Å². The molecule has 1 saturated heterocycles. The van der Waals surface area contributed by atoms with Gasteiger partial charge < -0.3 is 19.9 Å². The van der Waals surface area contributed by atoms with Gasteiger partial charge in [-0.2, -0.15) is 0 Å². The third-order valence-corrected chi connectivity index (χ3v) is 5.14. The molecule has 7 heteroatoms. The molecule has 1 amide bonds. The first kappa shape index (κ1) is 17.0. The maximum absolute atomic E-state index is 12.5. The maximum atomic E-state index is 12.5. The van der Waals surface area contributed by atoms with Crippen LogP contribution >= 0.6 is 0 Å². The summed E-state index contributed by atoms with van der Waals surface area (Å²) < 4.78 is 5.37.